The van der Waals surface area contributed by atoms with Crippen molar-refractivity contribution in [2.45, 2.75) is 52.7 Å². The molecule has 4 heteroatoms. The molecule has 2 fully saturated rings. The van der Waals surface area contributed by atoms with Crippen LogP contribution in [0.4, 0.5) is 0 Å². The van der Waals surface area contributed by atoms with Gasteiger partial charge >= 0.3 is 0 Å². The van der Waals surface area contributed by atoms with E-state index in [1.54, 1.807) is 0 Å². The smallest absolute Gasteiger partial charge is 0.226 e. The van der Waals surface area contributed by atoms with Crippen molar-refractivity contribution < 1.29 is 9.53 Å². The number of likely N-dealkylation sites (tertiary alicyclic amines) is 1. The molecular formula is C14H30N2O2. The van der Waals surface area contributed by atoms with Crippen molar-refractivity contribution in [2.75, 3.05) is 33.8 Å². The van der Waals surface area contributed by atoms with Crippen molar-refractivity contribution in [3.05, 3.63) is 0 Å². The van der Waals surface area contributed by atoms with Gasteiger partial charge in [-0.05, 0) is 7.05 Å². The van der Waals surface area contributed by atoms with Gasteiger partial charge in [0.25, 0.3) is 0 Å². The molecule has 2 aliphatic rings. The number of ether oxygens (including phenoxy) is 1. The van der Waals surface area contributed by atoms with E-state index in [4.69, 9.17) is 4.74 Å². The lowest BCUT2D eigenvalue weighted by Gasteiger charge is -2.48. The minimum Gasteiger partial charge on any atom is -0.355 e. The van der Waals surface area contributed by atoms with E-state index in [1.165, 1.54) is 0 Å². The SMILES string of the molecule is CC.CC.CN1CCC2(CC1)OCCC(=O)N2C. The van der Waals surface area contributed by atoms with Crippen LogP contribution in [0.15, 0.2) is 0 Å². The molecule has 0 N–H and O–H groups in total. The fourth-order valence-electron chi connectivity index (χ4n) is 2.27. The quantitative estimate of drug-likeness (QED) is 0.668. The molecule has 2 saturated heterocycles. The Bertz CT molecular complexity index is 236. The highest BCUT2D eigenvalue weighted by Crippen LogP contribution is 2.32. The number of nitrogens with zero attached hydrogens (tertiary/aromatic N) is 2. The summed E-state index contributed by atoms with van der Waals surface area (Å²) < 4.78 is 5.82. The van der Waals surface area contributed by atoms with E-state index in [9.17, 15) is 4.79 Å². The van der Waals surface area contributed by atoms with Crippen LogP contribution in [0.2, 0.25) is 0 Å². The predicted octanol–water partition coefficient (Wildman–Crippen LogP) is 2.34. The second kappa shape index (κ2) is 8.48. The van der Waals surface area contributed by atoms with Gasteiger partial charge in [-0.15, -0.1) is 0 Å². The predicted molar refractivity (Wildman–Crippen MR) is 75.5 cm³/mol. The van der Waals surface area contributed by atoms with Gasteiger partial charge in [0.2, 0.25) is 5.91 Å². The van der Waals surface area contributed by atoms with E-state index >= 15 is 0 Å². The Balaban J connectivity index is 0.000000659. The number of carbonyl (C=O) groups is 1. The van der Waals surface area contributed by atoms with Crippen molar-refractivity contribution in [1.82, 2.24) is 9.80 Å². The Morgan fingerprint density at radius 2 is 1.56 bits per heavy atom. The van der Waals surface area contributed by atoms with Gasteiger partial charge in [-0.3, -0.25) is 4.79 Å². The summed E-state index contributed by atoms with van der Waals surface area (Å²) in [5.74, 6) is 0.223. The summed E-state index contributed by atoms with van der Waals surface area (Å²) in [4.78, 5) is 15.7. The van der Waals surface area contributed by atoms with Crippen LogP contribution in [0.5, 0.6) is 0 Å². The lowest BCUT2D eigenvalue weighted by Crippen LogP contribution is -2.59. The Hall–Kier alpha value is -0.610. The standard InChI is InChI=1S/C10H18N2O2.2C2H6/c1-11-6-4-10(5-7-11)12(2)9(13)3-8-14-10;2*1-2/h3-8H2,1-2H3;2*1-2H3. The second-order valence-corrected chi connectivity index (χ2v) is 4.30. The molecule has 4 nitrogen and oxygen atoms in total. The highest BCUT2D eigenvalue weighted by Gasteiger charge is 2.43. The molecule has 2 aliphatic heterocycles. The number of hydrogen-bond donors (Lipinski definition) is 0. The van der Waals surface area contributed by atoms with E-state index < -0.39 is 0 Å². The van der Waals surface area contributed by atoms with Gasteiger partial charge < -0.3 is 14.5 Å². The third kappa shape index (κ3) is 3.95. The highest BCUT2D eigenvalue weighted by atomic mass is 16.5. The van der Waals surface area contributed by atoms with Gasteiger partial charge in [-0.25, -0.2) is 0 Å². The zero-order valence-corrected chi connectivity index (χ0v) is 13.0. The molecule has 0 aromatic carbocycles. The Labute approximate surface area is 112 Å². The van der Waals surface area contributed by atoms with E-state index in [-0.39, 0.29) is 11.6 Å². The molecule has 1 spiro atoms. The molecule has 18 heavy (non-hydrogen) atoms. The summed E-state index contributed by atoms with van der Waals surface area (Å²) in [5.41, 5.74) is -0.290. The summed E-state index contributed by atoms with van der Waals surface area (Å²) in [7, 11) is 3.98. The summed E-state index contributed by atoms with van der Waals surface area (Å²) >= 11 is 0. The first-order chi connectivity index (χ1) is 8.64. The zero-order valence-electron chi connectivity index (χ0n) is 13.0. The third-order valence-electron chi connectivity index (χ3n) is 3.44. The third-order valence-corrected chi connectivity index (χ3v) is 3.44. The maximum atomic E-state index is 11.6. The van der Waals surface area contributed by atoms with Gasteiger partial charge in [0.05, 0.1) is 13.0 Å². The fraction of sp³-hybridized carbons (Fsp3) is 0.929. The summed E-state index contributed by atoms with van der Waals surface area (Å²) in [6.07, 6.45) is 2.41. The van der Waals surface area contributed by atoms with Crippen molar-refractivity contribution >= 4 is 5.91 Å². The lowest BCUT2D eigenvalue weighted by molar-refractivity contribution is -0.204. The average molecular weight is 258 g/mol. The van der Waals surface area contributed by atoms with Gasteiger partial charge in [-0.2, -0.15) is 0 Å². The van der Waals surface area contributed by atoms with Crippen LogP contribution in [-0.4, -0.2) is 55.2 Å². The van der Waals surface area contributed by atoms with Crippen LogP contribution in [0.1, 0.15) is 47.0 Å². The lowest BCUT2D eigenvalue weighted by atomic mass is 9.97. The molecule has 0 radical (unpaired) electrons. The topological polar surface area (TPSA) is 32.8 Å². The van der Waals surface area contributed by atoms with E-state index in [1.807, 2.05) is 39.6 Å². The normalized spacial score (nSPS) is 22.8. The molecule has 0 unspecified atom stereocenters. The molecule has 0 aromatic heterocycles. The van der Waals surface area contributed by atoms with Gasteiger partial charge in [0, 0.05) is 33.0 Å². The van der Waals surface area contributed by atoms with Crippen molar-refractivity contribution in [2.24, 2.45) is 0 Å². The molecule has 0 bridgehead atoms. The first kappa shape index (κ1) is 17.4. The van der Waals surface area contributed by atoms with Crippen molar-refractivity contribution in [1.29, 1.82) is 0 Å². The summed E-state index contributed by atoms with van der Waals surface area (Å²) in [6, 6.07) is 0. The summed E-state index contributed by atoms with van der Waals surface area (Å²) in [6.45, 7) is 10.6. The van der Waals surface area contributed by atoms with Crippen LogP contribution < -0.4 is 0 Å². The monoisotopic (exact) mass is 258 g/mol. The molecule has 2 heterocycles. The molecule has 0 aliphatic carbocycles. The number of piperidine rings is 1. The van der Waals surface area contributed by atoms with Crippen LogP contribution >= 0.6 is 0 Å². The van der Waals surface area contributed by atoms with E-state index in [0.29, 0.717) is 13.0 Å². The Morgan fingerprint density at radius 3 is 2.06 bits per heavy atom. The average Bonchev–Trinajstić information content (AvgIpc) is 2.44. The first-order valence-electron chi connectivity index (χ1n) is 7.23. The molecule has 1 amide bonds. The largest absolute Gasteiger partial charge is 0.355 e. The maximum absolute atomic E-state index is 11.6. The molecule has 2 rings (SSSR count). The van der Waals surface area contributed by atoms with Crippen LogP contribution in [-0.2, 0) is 9.53 Å². The van der Waals surface area contributed by atoms with Crippen molar-refractivity contribution in [3.63, 3.8) is 0 Å². The van der Waals surface area contributed by atoms with Gasteiger partial charge in [-0.1, -0.05) is 27.7 Å². The Morgan fingerprint density at radius 1 is 1.06 bits per heavy atom. The van der Waals surface area contributed by atoms with Crippen LogP contribution in [0.3, 0.4) is 0 Å². The van der Waals surface area contributed by atoms with E-state index in [0.717, 1.165) is 25.9 Å². The molecule has 108 valence electrons. The molecule has 0 aromatic rings. The molecular weight excluding hydrogens is 228 g/mol. The van der Waals surface area contributed by atoms with Gasteiger partial charge in [0.15, 0.2) is 0 Å². The van der Waals surface area contributed by atoms with E-state index in [2.05, 4.69) is 11.9 Å². The van der Waals surface area contributed by atoms with Gasteiger partial charge in [0.1, 0.15) is 5.72 Å². The molecule has 0 saturated carbocycles. The van der Waals surface area contributed by atoms with Crippen LogP contribution in [0.25, 0.3) is 0 Å². The number of hydrogen-bond acceptors (Lipinski definition) is 3. The maximum Gasteiger partial charge on any atom is 0.226 e. The molecule has 0 atom stereocenters. The minimum absolute atomic E-state index is 0.223. The van der Waals surface area contributed by atoms with Crippen LogP contribution in [0, 0.1) is 0 Å². The number of carbonyl (C=O) groups excluding carboxylic acids is 1. The Kier molecular flexibility index (Phi) is 8.20. The zero-order chi connectivity index (χ0) is 14.2. The highest BCUT2D eigenvalue weighted by molar-refractivity contribution is 5.77. The fourth-order valence-corrected chi connectivity index (χ4v) is 2.27. The number of rotatable bonds is 0. The number of amides is 1. The summed E-state index contributed by atoms with van der Waals surface area (Å²) in [5, 5.41) is 0. The first-order valence-corrected chi connectivity index (χ1v) is 7.23. The van der Waals surface area contributed by atoms with Crippen molar-refractivity contribution in [3.8, 4) is 0 Å². The second-order valence-electron chi connectivity index (χ2n) is 4.30. The minimum atomic E-state index is -0.290.